The second kappa shape index (κ2) is 25.8. The van der Waals surface area contributed by atoms with E-state index in [9.17, 15) is 0 Å². The molecule has 0 bridgehead atoms. The van der Waals surface area contributed by atoms with Crippen molar-refractivity contribution in [3.63, 3.8) is 0 Å². The number of ether oxygens (including phenoxy) is 1. The summed E-state index contributed by atoms with van der Waals surface area (Å²) in [4.78, 5) is 10.1. The number of hydrogen-bond donors (Lipinski definition) is 1. The number of benzene rings is 1. The summed E-state index contributed by atoms with van der Waals surface area (Å²) in [5.41, 5.74) is 0. The van der Waals surface area contributed by atoms with Gasteiger partial charge in [0.15, 0.2) is 0 Å². The fourth-order valence-corrected chi connectivity index (χ4v) is 4.83. The minimum Gasteiger partial charge on any atom is -0.492 e. The first-order valence-corrected chi connectivity index (χ1v) is 15.4. The van der Waals surface area contributed by atoms with Crippen LogP contribution in [0.2, 0.25) is 0 Å². The molecule has 3 aliphatic heterocycles. The van der Waals surface area contributed by atoms with Crippen molar-refractivity contribution in [1.82, 2.24) is 24.9 Å². The van der Waals surface area contributed by atoms with Gasteiger partial charge in [0, 0.05) is 45.3 Å². The van der Waals surface area contributed by atoms with Crippen molar-refractivity contribution >= 4 is 0 Å². The van der Waals surface area contributed by atoms with Gasteiger partial charge in [-0.1, -0.05) is 58.4 Å². The maximum absolute atomic E-state index is 5.71. The average molecular weight is 534 g/mol. The molecule has 0 unspecified atom stereocenters. The van der Waals surface area contributed by atoms with Gasteiger partial charge in [0.1, 0.15) is 12.4 Å². The van der Waals surface area contributed by atoms with Crippen molar-refractivity contribution in [3.8, 4) is 5.75 Å². The van der Waals surface area contributed by atoms with Gasteiger partial charge in [-0.15, -0.1) is 6.58 Å². The summed E-state index contributed by atoms with van der Waals surface area (Å²) in [7, 11) is 5.99. The van der Waals surface area contributed by atoms with Crippen LogP contribution in [0.25, 0.3) is 0 Å². The molecule has 3 heterocycles. The molecule has 1 N–H and O–H groups in total. The van der Waals surface area contributed by atoms with Crippen LogP contribution in [0, 0.1) is 0 Å². The molecule has 6 nitrogen and oxygen atoms in total. The van der Waals surface area contributed by atoms with E-state index in [4.69, 9.17) is 4.74 Å². The lowest BCUT2D eigenvalue weighted by atomic mass is 10.0. The highest BCUT2D eigenvalue weighted by Crippen LogP contribution is 2.19. The monoisotopic (exact) mass is 534 g/mol. The summed E-state index contributed by atoms with van der Waals surface area (Å²) in [6.45, 7) is 24.5. The average Bonchev–Trinajstić information content (AvgIpc) is 2.98. The lowest BCUT2D eigenvalue weighted by molar-refractivity contribution is 0.103. The lowest BCUT2D eigenvalue weighted by Gasteiger charge is -2.39. The Morgan fingerprint density at radius 3 is 1.87 bits per heavy atom. The smallest absolute Gasteiger partial charge is 0.119 e. The standard InChI is InChI=1S/C15H22N2O.C11H22N2.C2H7N.2C2H6/c1-2-8-16-9-11-17(12-10-16)13-14-18-15-6-4-3-5-7-15;1-12-9-5-11(6-10-12)13-7-3-2-4-8-13;1-3-2;2*1-2/h2-7H,1,8-14H2;11H,2-10H2,1H3;3H,1-2H3;2*1-2H3. The molecule has 0 saturated carbocycles. The van der Waals surface area contributed by atoms with Gasteiger partial charge in [0.05, 0.1) is 0 Å². The number of para-hydroxylation sites is 1. The van der Waals surface area contributed by atoms with Crippen LogP contribution in [-0.4, -0.2) is 119 Å². The quantitative estimate of drug-likeness (QED) is 0.478. The van der Waals surface area contributed by atoms with Crippen molar-refractivity contribution in [1.29, 1.82) is 0 Å². The molecule has 222 valence electrons. The summed E-state index contributed by atoms with van der Waals surface area (Å²) in [5, 5.41) is 2.75. The Morgan fingerprint density at radius 2 is 1.34 bits per heavy atom. The van der Waals surface area contributed by atoms with Crippen molar-refractivity contribution in [2.75, 3.05) is 93.2 Å². The van der Waals surface area contributed by atoms with Gasteiger partial charge >= 0.3 is 0 Å². The molecule has 0 radical (unpaired) electrons. The largest absolute Gasteiger partial charge is 0.492 e. The van der Waals surface area contributed by atoms with Gasteiger partial charge in [-0.3, -0.25) is 9.80 Å². The van der Waals surface area contributed by atoms with Gasteiger partial charge in [0.2, 0.25) is 0 Å². The van der Waals surface area contributed by atoms with E-state index in [1.807, 2.05) is 78.2 Å². The van der Waals surface area contributed by atoms with Crippen LogP contribution in [0.4, 0.5) is 0 Å². The first-order valence-electron chi connectivity index (χ1n) is 15.4. The van der Waals surface area contributed by atoms with Crippen LogP contribution in [0.15, 0.2) is 43.0 Å². The Bertz CT molecular complexity index is 608. The third kappa shape index (κ3) is 17.2. The number of piperazine rings is 1. The third-order valence-corrected chi connectivity index (χ3v) is 6.87. The van der Waals surface area contributed by atoms with Crippen molar-refractivity contribution in [2.45, 2.75) is 65.8 Å². The van der Waals surface area contributed by atoms with E-state index < -0.39 is 0 Å². The zero-order chi connectivity index (χ0) is 28.4. The van der Waals surface area contributed by atoms with Crippen molar-refractivity contribution in [3.05, 3.63) is 43.0 Å². The molecular formula is C32H63N5O. The molecule has 38 heavy (non-hydrogen) atoms. The number of nitrogens with zero attached hydrogens (tertiary/aromatic N) is 4. The minimum absolute atomic E-state index is 0.769. The van der Waals surface area contributed by atoms with Gasteiger partial charge in [0.25, 0.3) is 0 Å². The normalized spacial score (nSPS) is 19.1. The molecule has 3 aliphatic rings. The molecule has 4 rings (SSSR count). The Morgan fingerprint density at radius 1 is 0.816 bits per heavy atom. The highest BCUT2D eigenvalue weighted by molar-refractivity contribution is 5.20. The number of nitrogens with one attached hydrogen (secondary N) is 1. The third-order valence-electron chi connectivity index (χ3n) is 6.87. The maximum atomic E-state index is 5.71. The highest BCUT2D eigenvalue weighted by Gasteiger charge is 2.23. The number of likely N-dealkylation sites (tertiary alicyclic amines) is 2. The zero-order valence-electron chi connectivity index (χ0n) is 26.3. The van der Waals surface area contributed by atoms with Gasteiger partial charge in [-0.25, -0.2) is 0 Å². The Hall–Kier alpha value is -1.44. The van der Waals surface area contributed by atoms with E-state index in [2.05, 4.69) is 38.5 Å². The molecule has 0 atom stereocenters. The van der Waals surface area contributed by atoms with Crippen LogP contribution in [0.3, 0.4) is 0 Å². The molecule has 3 saturated heterocycles. The number of piperidine rings is 2. The molecule has 0 amide bonds. The molecule has 0 spiro atoms. The summed E-state index contributed by atoms with van der Waals surface area (Å²) in [6.07, 6.45) is 9.11. The Balaban J connectivity index is 0.000000600. The second-order valence-electron chi connectivity index (χ2n) is 9.72. The minimum atomic E-state index is 0.769. The summed E-state index contributed by atoms with van der Waals surface area (Å²) >= 11 is 0. The first kappa shape index (κ1) is 36.6. The topological polar surface area (TPSA) is 34.2 Å². The van der Waals surface area contributed by atoms with Crippen LogP contribution in [0.1, 0.15) is 59.8 Å². The number of hydrogen-bond acceptors (Lipinski definition) is 6. The van der Waals surface area contributed by atoms with E-state index in [0.717, 1.165) is 57.7 Å². The fourth-order valence-electron chi connectivity index (χ4n) is 4.83. The summed E-state index contributed by atoms with van der Waals surface area (Å²) in [6, 6.07) is 10.9. The first-order chi connectivity index (χ1) is 18.7. The maximum Gasteiger partial charge on any atom is 0.119 e. The van der Waals surface area contributed by atoms with Crippen LogP contribution in [0.5, 0.6) is 5.75 Å². The molecular weight excluding hydrogens is 470 g/mol. The van der Waals surface area contributed by atoms with E-state index in [0.29, 0.717) is 0 Å². The van der Waals surface area contributed by atoms with E-state index in [1.54, 1.807) is 0 Å². The van der Waals surface area contributed by atoms with Crippen LogP contribution >= 0.6 is 0 Å². The summed E-state index contributed by atoms with van der Waals surface area (Å²) < 4.78 is 5.71. The lowest BCUT2D eigenvalue weighted by Crippen LogP contribution is -2.47. The number of rotatable bonds is 7. The van der Waals surface area contributed by atoms with Crippen LogP contribution < -0.4 is 10.1 Å². The molecule has 0 aliphatic carbocycles. The predicted octanol–water partition coefficient (Wildman–Crippen LogP) is 5.32. The molecule has 1 aromatic rings. The second-order valence-corrected chi connectivity index (χ2v) is 9.72. The molecule has 1 aromatic carbocycles. The zero-order valence-corrected chi connectivity index (χ0v) is 26.3. The van der Waals surface area contributed by atoms with E-state index in [1.165, 1.54) is 58.3 Å². The van der Waals surface area contributed by atoms with Gasteiger partial charge in [-0.2, -0.15) is 0 Å². The SMILES string of the molecule is C=CCN1CCN(CCOc2ccccc2)CC1.CC.CC.CN1CCC(N2CCCCC2)CC1.CNC. The van der Waals surface area contributed by atoms with Crippen LogP contribution in [-0.2, 0) is 0 Å². The Labute approximate surface area is 237 Å². The van der Waals surface area contributed by atoms with Crippen molar-refractivity contribution < 1.29 is 4.74 Å². The highest BCUT2D eigenvalue weighted by atomic mass is 16.5. The van der Waals surface area contributed by atoms with Crippen molar-refractivity contribution in [2.24, 2.45) is 0 Å². The van der Waals surface area contributed by atoms with Gasteiger partial charge < -0.3 is 19.9 Å². The van der Waals surface area contributed by atoms with E-state index in [-0.39, 0.29) is 0 Å². The predicted molar refractivity (Wildman–Crippen MR) is 169 cm³/mol. The molecule has 0 aromatic heterocycles. The molecule has 6 heteroatoms. The Kier molecular flexibility index (Phi) is 24.8. The fraction of sp³-hybridized carbons (Fsp3) is 0.750. The van der Waals surface area contributed by atoms with Gasteiger partial charge in [-0.05, 0) is 85.1 Å². The molecule has 3 fully saturated rings. The van der Waals surface area contributed by atoms with E-state index >= 15 is 0 Å². The summed E-state index contributed by atoms with van der Waals surface area (Å²) in [5.74, 6) is 0.961.